The van der Waals surface area contributed by atoms with Gasteiger partial charge < -0.3 is 25.3 Å². The summed E-state index contributed by atoms with van der Waals surface area (Å²) in [6, 6.07) is 60.5. The molecule has 120 heavy (non-hydrogen) atoms. The summed E-state index contributed by atoms with van der Waals surface area (Å²) in [5.74, 6) is -3.86. The lowest BCUT2D eigenvalue weighted by molar-refractivity contribution is 0.0790. The number of halogens is 6. The minimum atomic E-state index is -0.587. The van der Waals surface area contributed by atoms with Crippen LogP contribution in [0.2, 0.25) is 5.15 Å². The van der Waals surface area contributed by atoms with Gasteiger partial charge in [0, 0.05) is 138 Å². The Balaban J connectivity index is 0.000000182. The van der Waals surface area contributed by atoms with E-state index >= 15 is 0 Å². The quantitative estimate of drug-likeness (QED) is 0.0274. The standard InChI is InChI=1S/C25H25FN2O2.C24H22ClFN2O2.C24H22F2N2O2.C24H24FN3O2/c1-4-28(3)25(30)22-13-11-21(16-23(22)26)19-7-9-20(10-8-19)24(29)14-12-18-6-5-15-27-17(18)2;1-3-28(2)24(30)20-12-10-19(15-21(20)26)16-6-8-17(9-7-16)22(29)13-11-18-5-4-14-27-23(18)25;2*1-3-28(2)24(30)20-12-10-19(15-21(20)25)16-6-8-17(9-7-16)22(29)13-11-18-5-4-14-27-23(18)26/h5-11,13,15-16H,4,12,14H2,1-3H3;2*4-10,12,14-15H,3,11,13H2,1-2H3;4-10,12,14-15H,3,11,13H2,1-2H3,(H2,26,27). The second kappa shape index (κ2) is 43.7. The Morgan fingerprint density at radius 1 is 0.317 bits per heavy atom. The predicted octanol–water partition coefficient (Wildman–Crippen LogP) is 19.9. The molecule has 17 nitrogen and oxygen atoms in total. The first kappa shape index (κ1) is 90.6. The highest BCUT2D eigenvalue weighted by Gasteiger charge is 2.22. The van der Waals surface area contributed by atoms with E-state index in [0.717, 1.165) is 44.6 Å². The predicted molar refractivity (Wildman–Crippen MR) is 460 cm³/mol. The van der Waals surface area contributed by atoms with Gasteiger partial charge in [-0.25, -0.2) is 32.5 Å². The molecule has 23 heteroatoms. The van der Waals surface area contributed by atoms with Crippen molar-refractivity contribution in [2.24, 2.45) is 0 Å². The van der Waals surface area contributed by atoms with Gasteiger partial charge in [0.1, 0.15) is 34.2 Å². The number of amides is 4. The third-order valence-corrected chi connectivity index (χ3v) is 20.8. The summed E-state index contributed by atoms with van der Waals surface area (Å²) >= 11 is 6.03. The van der Waals surface area contributed by atoms with E-state index in [9.17, 15) is 60.3 Å². The Labute approximate surface area is 700 Å². The lowest BCUT2D eigenvalue weighted by Crippen LogP contribution is -2.27. The number of nitrogens with two attached hydrogens (primary N) is 1. The van der Waals surface area contributed by atoms with Gasteiger partial charge in [-0.1, -0.05) is 157 Å². The molecule has 0 spiro atoms. The van der Waals surface area contributed by atoms with Crippen LogP contribution in [0.15, 0.2) is 243 Å². The molecule has 0 aliphatic rings. The van der Waals surface area contributed by atoms with E-state index in [4.69, 9.17) is 17.3 Å². The van der Waals surface area contributed by atoms with Crippen molar-refractivity contribution in [3.63, 3.8) is 0 Å². The van der Waals surface area contributed by atoms with Crippen molar-refractivity contribution in [3.8, 4) is 44.5 Å². The minimum Gasteiger partial charge on any atom is -0.383 e. The number of pyridine rings is 4. The molecule has 0 bridgehead atoms. The van der Waals surface area contributed by atoms with Gasteiger partial charge in [0.2, 0.25) is 5.95 Å². The summed E-state index contributed by atoms with van der Waals surface area (Å²) in [7, 11) is 6.52. The number of benzene rings is 8. The highest BCUT2D eigenvalue weighted by Crippen LogP contribution is 2.30. The van der Waals surface area contributed by atoms with Crippen molar-refractivity contribution in [3.05, 3.63) is 350 Å². The number of nitrogen functional groups attached to an aromatic ring is 1. The maximum absolute atomic E-state index is 14.5. The van der Waals surface area contributed by atoms with E-state index in [1.165, 1.54) is 74.3 Å². The van der Waals surface area contributed by atoms with E-state index in [2.05, 4.69) is 19.9 Å². The summed E-state index contributed by atoms with van der Waals surface area (Å²) in [6.07, 6.45) is 9.51. The molecule has 12 rings (SSSR count). The average Bonchev–Trinajstić information content (AvgIpc) is 0.827. The first-order chi connectivity index (χ1) is 57.6. The molecule has 2 N–H and O–H groups in total. The van der Waals surface area contributed by atoms with Gasteiger partial charge >= 0.3 is 0 Å². The smallest absolute Gasteiger partial charge is 0.256 e. The van der Waals surface area contributed by atoms with Crippen LogP contribution in [0.1, 0.15) is 164 Å². The van der Waals surface area contributed by atoms with Crippen LogP contribution in [-0.2, 0) is 25.7 Å². The summed E-state index contributed by atoms with van der Waals surface area (Å²) < 4.78 is 71.4. The fourth-order valence-electron chi connectivity index (χ4n) is 12.5. The fraction of sp³-hybridized carbons (Fsp3) is 0.216. The van der Waals surface area contributed by atoms with Crippen LogP contribution in [0.4, 0.5) is 27.8 Å². The number of hydrogen-bond acceptors (Lipinski definition) is 13. The van der Waals surface area contributed by atoms with Crippen molar-refractivity contribution in [2.75, 3.05) is 60.1 Å². The molecule has 8 aromatic carbocycles. The zero-order chi connectivity index (χ0) is 86.7. The number of anilines is 1. The number of carbonyl (C=O) groups is 8. The number of Topliss-reactive ketones (excluding diaryl/α,β-unsaturated/α-hetero) is 4. The summed E-state index contributed by atoms with van der Waals surface area (Å²) in [5, 5.41) is 0.412. The van der Waals surface area contributed by atoms with Crippen molar-refractivity contribution in [2.45, 2.75) is 86.0 Å². The second-order valence-corrected chi connectivity index (χ2v) is 28.6. The summed E-state index contributed by atoms with van der Waals surface area (Å²) in [5.41, 5.74) is 18.0. The van der Waals surface area contributed by atoms with Crippen LogP contribution in [0.25, 0.3) is 44.5 Å². The molecule has 0 fully saturated rings. The Morgan fingerprint density at radius 2 is 0.567 bits per heavy atom. The van der Waals surface area contributed by atoms with E-state index < -0.39 is 29.2 Å². The molecule has 0 aliphatic carbocycles. The highest BCUT2D eigenvalue weighted by atomic mass is 35.5. The molecule has 0 unspecified atom stereocenters. The lowest BCUT2D eigenvalue weighted by atomic mass is 9.98. The third kappa shape index (κ3) is 24.4. The second-order valence-electron chi connectivity index (χ2n) is 28.3. The number of ketones is 4. The van der Waals surface area contributed by atoms with E-state index in [1.807, 2.05) is 58.9 Å². The summed E-state index contributed by atoms with van der Waals surface area (Å²) in [4.78, 5) is 120. The van der Waals surface area contributed by atoms with Crippen LogP contribution >= 0.6 is 11.6 Å². The molecule has 616 valence electrons. The van der Waals surface area contributed by atoms with Crippen molar-refractivity contribution >= 4 is 64.2 Å². The Morgan fingerprint density at radius 3 is 0.850 bits per heavy atom. The molecule has 4 amide bonds. The maximum atomic E-state index is 14.5. The van der Waals surface area contributed by atoms with Crippen LogP contribution in [0.3, 0.4) is 0 Å². The monoisotopic (exact) mass is 1640 g/mol. The number of rotatable bonds is 28. The number of aromatic nitrogens is 4. The molecule has 12 aromatic rings. The SMILES string of the molecule is CCN(C)C(=O)c1ccc(-c2ccc(C(=O)CCc3cccnc3C)cc2)cc1F.CCN(C)C(=O)c1ccc(-c2ccc(C(=O)CCc3cccnc3Cl)cc2)cc1F.CCN(C)C(=O)c1ccc(-c2ccc(C(=O)CCc3cccnc3F)cc2)cc1F.CCN(C)C(=O)c1ccc(-c2ccc(C(=O)CCc3cccnc3N)cc2)cc1F. The normalized spacial score (nSPS) is 10.7. The maximum Gasteiger partial charge on any atom is 0.256 e. The average molecular weight is 1640 g/mol. The molecule has 0 radical (unpaired) electrons. The molecule has 0 atom stereocenters. The van der Waals surface area contributed by atoms with Gasteiger partial charge in [0.25, 0.3) is 23.6 Å². The van der Waals surface area contributed by atoms with E-state index in [1.54, 1.807) is 192 Å². The van der Waals surface area contributed by atoms with Crippen LogP contribution < -0.4 is 5.73 Å². The Hall–Kier alpha value is -13.3. The van der Waals surface area contributed by atoms with E-state index in [-0.39, 0.29) is 81.9 Å². The van der Waals surface area contributed by atoms with Gasteiger partial charge in [-0.2, -0.15) is 4.39 Å². The molecule has 4 aromatic heterocycles. The van der Waals surface area contributed by atoms with E-state index in [0.29, 0.717) is 126 Å². The third-order valence-electron chi connectivity index (χ3n) is 20.4. The van der Waals surface area contributed by atoms with Crippen LogP contribution in [0.5, 0.6) is 0 Å². The minimum absolute atomic E-state index is 0.000434. The van der Waals surface area contributed by atoms with Crippen molar-refractivity contribution in [1.29, 1.82) is 0 Å². The van der Waals surface area contributed by atoms with Gasteiger partial charge in [-0.3, -0.25) is 43.3 Å². The fourth-order valence-corrected chi connectivity index (χ4v) is 12.7. The van der Waals surface area contributed by atoms with Gasteiger partial charge in [-0.05, 0) is 194 Å². The first-order valence-corrected chi connectivity index (χ1v) is 39.5. The molecule has 0 saturated heterocycles. The Bertz CT molecular complexity index is 4950. The largest absolute Gasteiger partial charge is 0.383 e. The lowest BCUT2D eigenvalue weighted by Gasteiger charge is -2.15. The van der Waals surface area contributed by atoms with Crippen molar-refractivity contribution in [1.82, 2.24) is 39.5 Å². The topological polar surface area (TPSA) is 227 Å². The molecule has 4 heterocycles. The van der Waals surface area contributed by atoms with Gasteiger partial charge in [0.15, 0.2) is 23.1 Å². The highest BCUT2D eigenvalue weighted by molar-refractivity contribution is 6.30. The number of hydrogen-bond donors (Lipinski definition) is 1. The molecular formula is C97H93ClF5N9O8. The number of nitrogens with zero attached hydrogens (tertiary/aromatic N) is 8. The van der Waals surface area contributed by atoms with Crippen LogP contribution in [0, 0.1) is 36.1 Å². The number of carbonyl (C=O) groups excluding carboxylic acids is 8. The zero-order valence-electron chi connectivity index (χ0n) is 68.3. The van der Waals surface area contributed by atoms with Gasteiger partial charge in [0.05, 0.1) is 22.3 Å². The zero-order valence-corrected chi connectivity index (χ0v) is 69.0. The number of aryl methyl sites for hydroxylation is 5. The Kier molecular flexibility index (Phi) is 33.0. The molecule has 0 saturated carbocycles. The van der Waals surface area contributed by atoms with Crippen LogP contribution in [-0.4, -0.2) is 141 Å². The molecule has 0 aliphatic heterocycles. The first-order valence-electron chi connectivity index (χ1n) is 39.1. The summed E-state index contributed by atoms with van der Waals surface area (Å²) in [6.45, 7) is 11.3. The van der Waals surface area contributed by atoms with Gasteiger partial charge in [-0.15, -0.1) is 0 Å². The van der Waals surface area contributed by atoms with Crippen molar-refractivity contribution < 1.29 is 60.3 Å². The molecular weight excluding hydrogens is 1550 g/mol.